The number of carbonyl (C=O) groups is 12. The predicted molar refractivity (Wildman–Crippen MR) is 440 cm³/mol. The first kappa shape index (κ1) is 99.1. The Morgan fingerprint density at radius 3 is 1.36 bits per heavy atom. The number of rotatable bonds is 23. The van der Waals surface area contributed by atoms with E-state index >= 15 is 0 Å². The van der Waals surface area contributed by atoms with Gasteiger partial charge in [0.1, 0.15) is 47.6 Å². The molecule has 0 bridgehead atoms. The normalized spacial score (nSPS) is 10.6. The van der Waals surface area contributed by atoms with Gasteiger partial charge in [0.15, 0.2) is 5.82 Å². The van der Waals surface area contributed by atoms with Crippen LogP contribution in [0.4, 0.5) is 42.4 Å². The van der Waals surface area contributed by atoms with E-state index < -0.39 is 109 Å². The van der Waals surface area contributed by atoms with Crippen LogP contribution >= 0.6 is 11.6 Å². The molecule has 0 aliphatic rings. The number of halogens is 1. The van der Waals surface area contributed by atoms with E-state index in [1.165, 1.54) is 144 Å². The molecule has 45 heteroatoms. The fraction of sp³-hybridized carbons (Fsp3) is 0.250. The van der Waals surface area contributed by atoms with E-state index in [0.29, 0.717) is 48.0 Å². The molecule has 0 fully saturated rings. The molecule has 9 aromatic rings. The van der Waals surface area contributed by atoms with Crippen LogP contribution in [0.1, 0.15) is 96.2 Å². The number of fused-ring (bicyclic) bond motifs is 1. The number of nitrogens with one attached hydrogen (secondary N) is 9. The maximum atomic E-state index is 13.2. The van der Waals surface area contributed by atoms with Crippen LogP contribution in [0.3, 0.4) is 0 Å². The van der Waals surface area contributed by atoms with Gasteiger partial charge >= 0.3 is 54.0 Å². The molecule has 0 atom stereocenters. The summed E-state index contributed by atoms with van der Waals surface area (Å²) in [6.45, 7) is 12.9. The van der Waals surface area contributed by atoms with Crippen molar-refractivity contribution >= 4 is 142 Å². The second-order valence-electron chi connectivity index (χ2n) is 23.9. The number of amides is 11. The van der Waals surface area contributed by atoms with Crippen molar-refractivity contribution in [1.29, 1.82) is 0 Å². The molecular formula is C76H89ClN18O23S3. The minimum atomic E-state index is -4.24. The Morgan fingerprint density at radius 1 is 0.463 bits per heavy atom. The summed E-state index contributed by atoms with van der Waals surface area (Å²) < 4.78 is 109. The van der Waals surface area contributed by atoms with Crippen LogP contribution in [-0.2, 0) is 74.7 Å². The zero-order chi connectivity index (χ0) is 90.2. The number of ether oxygens (including phenoxy) is 5. The highest BCUT2D eigenvalue weighted by Gasteiger charge is 2.30. The Balaban J connectivity index is 0.000000317. The van der Waals surface area contributed by atoms with Gasteiger partial charge in [-0.1, -0.05) is 53.1 Å². The molecule has 0 saturated heterocycles. The van der Waals surface area contributed by atoms with Crippen molar-refractivity contribution < 1.29 is 106 Å². The lowest BCUT2D eigenvalue weighted by Gasteiger charge is -2.23. The molecule has 11 N–H and O–H groups in total. The summed E-state index contributed by atoms with van der Waals surface area (Å²) in [5.74, 6) is -4.44. The van der Waals surface area contributed by atoms with Crippen LogP contribution in [-0.4, -0.2) is 200 Å². The molecule has 0 aliphatic heterocycles. The number of nitrogen functional groups attached to an aromatic ring is 1. The van der Waals surface area contributed by atoms with Crippen LogP contribution in [0.5, 0.6) is 0 Å². The Hall–Kier alpha value is -14.3. The molecule has 0 radical (unpaired) electrons. The molecule has 0 saturated carbocycles. The average molecular weight is 1750 g/mol. The Bertz CT molecular complexity index is 5590. The summed E-state index contributed by atoms with van der Waals surface area (Å²) in [6, 6.07) is 30.3. The van der Waals surface area contributed by atoms with Gasteiger partial charge in [-0.25, -0.2) is 84.2 Å². The number of nitrogens with zero attached hydrogens (tertiary/aromatic N) is 8. The number of anilines is 4. The van der Waals surface area contributed by atoms with Gasteiger partial charge in [0.25, 0.3) is 30.1 Å². The minimum Gasteiger partial charge on any atom is -0.465 e. The van der Waals surface area contributed by atoms with Crippen LogP contribution in [0.25, 0.3) is 5.65 Å². The number of imidazole rings is 1. The van der Waals surface area contributed by atoms with Crippen molar-refractivity contribution in [1.82, 2.24) is 66.1 Å². The van der Waals surface area contributed by atoms with Crippen LogP contribution in [0, 0.1) is 20.8 Å². The van der Waals surface area contributed by atoms with Gasteiger partial charge < -0.3 is 59.7 Å². The molecule has 0 aliphatic carbocycles. The molecular weight excluding hydrogens is 1660 g/mol. The molecule has 0 spiro atoms. The van der Waals surface area contributed by atoms with Gasteiger partial charge in [0.2, 0.25) is 17.7 Å². The summed E-state index contributed by atoms with van der Waals surface area (Å²) in [6.07, 6.45) is 8.66. The lowest BCUT2D eigenvalue weighted by atomic mass is 10.2. The highest BCUT2D eigenvalue weighted by atomic mass is 35.5. The summed E-state index contributed by atoms with van der Waals surface area (Å²) in [5, 5.41) is 18.5. The highest BCUT2D eigenvalue weighted by molar-refractivity contribution is 7.93. The second kappa shape index (κ2) is 49.1. The summed E-state index contributed by atoms with van der Waals surface area (Å²) in [7, 11) is -5.86. The van der Waals surface area contributed by atoms with Crippen molar-refractivity contribution in [2.45, 2.75) is 69.7 Å². The van der Waals surface area contributed by atoms with E-state index in [1.807, 2.05) is 31.4 Å². The number of alkyl halides is 1. The number of nitrogens with two attached hydrogens (primary N) is 1. The average Bonchev–Trinajstić information content (AvgIpc) is 1.41. The highest BCUT2D eigenvalue weighted by Crippen LogP contribution is 2.24. The number of imide groups is 3. The van der Waals surface area contributed by atoms with Crippen molar-refractivity contribution in [3.63, 3.8) is 0 Å². The van der Waals surface area contributed by atoms with Gasteiger partial charge in [-0.3, -0.25) is 40.4 Å². The number of pyridine rings is 5. The topological polar surface area (TPSA) is 564 Å². The van der Waals surface area contributed by atoms with Crippen molar-refractivity contribution in [2.75, 3.05) is 94.2 Å². The number of hydrogen-bond donors (Lipinski definition) is 10. The number of carbonyl (C=O) groups excluding carboxylic acids is 12. The molecule has 6 aromatic heterocycles. The van der Waals surface area contributed by atoms with Gasteiger partial charge in [-0.05, 0) is 146 Å². The van der Waals surface area contributed by atoms with Crippen molar-refractivity contribution in [3.8, 4) is 0 Å². The van der Waals surface area contributed by atoms with Gasteiger partial charge in [-0.15, -0.1) is 16.0 Å². The number of urea groups is 4. The van der Waals surface area contributed by atoms with E-state index in [0.717, 1.165) is 21.0 Å². The molecule has 121 heavy (non-hydrogen) atoms. The van der Waals surface area contributed by atoms with Crippen molar-refractivity contribution in [2.24, 2.45) is 4.40 Å². The summed E-state index contributed by atoms with van der Waals surface area (Å²) in [4.78, 5) is 153. The van der Waals surface area contributed by atoms with E-state index in [2.05, 4.69) is 84.6 Å². The Kier molecular flexibility index (Phi) is 40.2. The van der Waals surface area contributed by atoms with Crippen LogP contribution in [0.2, 0.25) is 0 Å². The number of aryl methyl sites for hydroxylation is 3. The Labute approximate surface area is 700 Å². The maximum absolute atomic E-state index is 13.2. The van der Waals surface area contributed by atoms with Crippen molar-refractivity contribution in [3.05, 3.63) is 221 Å². The SMILES string of the molecule is CCNC(=O)NC(=O)CCl.CCNC(=O)NC(=O)CN(c1cc(C(=O)OC)ccn1)S(=O)(=O)c1ccc(C)cc1.CCNC(=O)NC(=O)Cn1ccc(C(=O)OC)cc1=NS(=O)(=O)c1ccc(C)cc1.CCNC(=O)Nc1cn2ccc(C(=O)OC)cc2n1.COC(=O)c1ccnc(N)c1.COC(=O)c1ccnc(NS(=O)(=O)c2ccc(C)cc2)c1. The maximum Gasteiger partial charge on any atom is 0.338 e. The third-order valence-electron chi connectivity index (χ3n) is 14.9. The largest absolute Gasteiger partial charge is 0.465 e. The number of methoxy groups -OCH3 is 5. The number of hydrogen-bond acceptors (Lipinski definition) is 28. The monoisotopic (exact) mass is 1750 g/mol. The minimum absolute atomic E-state index is 0.0464. The number of esters is 5. The lowest BCUT2D eigenvalue weighted by Crippen LogP contribution is -2.46. The summed E-state index contributed by atoms with van der Waals surface area (Å²) in [5.41, 5.74) is 9.53. The van der Waals surface area contributed by atoms with E-state index in [-0.39, 0.29) is 67.0 Å². The third-order valence-corrected chi connectivity index (χ3v) is 19.6. The second-order valence-corrected chi connectivity index (χ2v) is 29.3. The smallest absolute Gasteiger partial charge is 0.338 e. The summed E-state index contributed by atoms with van der Waals surface area (Å²) >= 11 is 5.10. The first-order valence-corrected chi connectivity index (χ1v) is 40.4. The fourth-order valence-corrected chi connectivity index (χ4v) is 12.5. The Morgan fingerprint density at radius 2 is 0.876 bits per heavy atom. The quantitative estimate of drug-likeness (QED) is 0.0209. The third kappa shape index (κ3) is 33.0. The van der Waals surface area contributed by atoms with Gasteiger partial charge in [0.05, 0.1) is 84.2 Å². The predicted octanol–water partition coefficient (Wildman–Crippen LogP) is 5.70. The van der Waals surface area contributed by atoms with Crippen LogP contribution in [0.15, 0.2) is 190 Å². The van der Waals surface area contributed by atoms with E-state index in [1.54, 1.807) is 99.1 Å². The lowest BCUT2D eigenvalue weighted by molar-refractivity contribution is -0.121. The van der Waals surface area contributed by atoms with Gasteiger partial charge in [-0.2, -0.15) is 8.42 Å². The van der Waals surface area contributed by atoms with E-state index in [4.69, 9.17) is 17.3 Å². The molecule has 646 valence electrons. The van der Waals surface area contributed by atoms with Crippen LogP contribution < -0.4 is 62.8 Å². The zero-order valence-corrected chi connectivity index (χ0v) is 70.5. The number of aromatic nitrogens is 6. The first-order valence-electron chi connectivity index (χ1n) is 35.5. The molecule has 0 unspecified atom stereocenters. The number of sulfonamides is 3. The molecule has 11 amide bonds. The van der Waals surface area contributed by atoms with E-state index in [9.17, 15) is 82.8 Å². The van der Waals surface area contributed by atoms with Gasteiger partial charge in [0, 0.05) is 57.2 Å². The standard InChI is InChI=1S/2C19H22N4O6S.C14H14N2O4S.C12H14N4O3.C7H8N2O2.C5H9ClN2O2/c1-4-20-19(26)21-17(24)12-23-10-9-14(18(25)29-3)11-16(23)22-30(27,28)15-7-5-13(2)6-8-15;1-4-20-19(26)22-17(24)12-23(16-11-14(9-10-21-16)18(25)29-3)30(27,28)15-7-5-13(2)6-8-15;1-10-3-5-12(6-4-10)21(18,19)16-13-9-11(7-8-15-13)14(17)20-2;1-3-13-12(18)15-9-7-16-5-4-8(11(17)19-2)6-10(16)14-9;1-11-7(10)5-2-3-9-6(8)4-5;1-2-7-5(10)8-4(9)3-6/h5-11H,4,12H2,1-3H3,(H2,20,21,24,26);5-11H,4,12H2,1-3H3,(H2,20,22,24,26);3-9H,1-2H3,(H,15,16);4-7H,3H2,1-2H3,(H2,13,15,18);2-4H,1H3,(H2,8,9);2-3H2,1H3,(H2,7,8,9,10). The molecule has 9 rings (SSSR count). The molecule has 41 nitrogen and oxygen atoms in total. The first-order chi connectivity index (χ1) is 57.3. The molecule has 3 aromatic carbocycles. The fourth-order valence-electron chi connectivity index (χ4n) is 9.12. The number of benzene rings is 3. The zero-order valence-electron chi connectivity index (χ0n) is 67.3. The molecule has 6 heterocycles.